The van der Waals surface area contributed by atoms with Crippen LogP contribution in [0.25, 0.3) is 0 Å². The third-order valence-corrected chi connectivity index (χ3v) is 5.37. The summed E-state index contributed by atoms with van der Waals surface area (Å²) in [7, 11) is -3.52. The molecule has 0 amide bonds. The number of hydrogen-bond acceptors (Lipinski definition) is 5. The van der Waals surface area contributed by atoms with Crippen LogP contribution in [0, 0.1) is 12.8 Å². The zero-order valence-electron chi connectivity index (χ0n) is 12.5. The molecule has 0 aliphatic carbocycles. The molecule has 1 unspecified atom stereocenters. The van der Waals surface area contributed by atoms with Crippen molar-refractivity contribution >= 4 is 21.8 Å². The van der Waals surface area contributed by atoms with Crippen LogP contribution in [-0.4, -0.2) is 43.7 Å². The van der Waals surface area contributed by atoms with Crippen molar-refractivity contribution in [1.82, 2.24) is 20.2 Å². The van der Waals surface area contributed by atoms with Gasteiger partial charge in [-0.05, 0) is 31.4 Å². The van der Waals surface area contributed by atoms with Gasteiger partial charge in [0.25, 0.3) is 0 Å². The minimum Gasteiger partial charge on any atom is -0.311 e. The maximum Gasteiger partial charge on any atom is 0.244 e. The Morgan fingerprint density at radius 3 is 2.75 bits per heavy atom. The van der Waals surface area contributed by atoms with Gasteiger partial charge < -0.3 is 5.32 Å². The molecule has 0 aliphatic rings. The second kappa shape index (κ2) is 8.02. The Kier molecular flexibility index (Phi) is 7.01. The lowest BCUT2D eigenvalue weighted by atomic mass is 10.2. The third kappa shape index (κ3) is 4.76. The summed E-state index contributed by atoms with van der Waals surface area (Å²) in [4.78, 5) is 0.273. The van der Waals surface area contributed by atoms with Crippen LogP contribution in [-0.2, 0) is 16.6 Å². The number of nitrogens with one attached hydrogen (secondary N) is 3. The minimum atomic E-state index is -3.52. The van der Waals surface area contributed by atoms with Crippen molar-refractivity contribution in [3.05, 3.63) is 11.4 Å². The zero-order valence-corrected chi connectivity index (χ0v) is 14.1. The minimum absolute atomic E-state index is 0.273. The lowest BCUT2D eigenvalue weighted by molar-refractivity contribution is 0.560. The van der Waals surface area contributed by atoms with E-state index < -0.39 is 10.0 Å². The molecule has 0 aromatic carbocycles. The molecular formula is C12H24N4O2S2. The van der Waals surface area contributed by atoms with Crippen LogP contribution < -0.4 is 10.0 Å². The molecule has 0 bridgehead atoms. The molecular weight excluding hydrogens is 296 g/mol. The number of thioether (sulfide) groups is 1. The van der Waals surface area contributed by atoms with Gasteiger partial charge >= 0.3 is 0 Å². The molecule has 116 valence electrons. The van der Waals surface area contributed by atoms with Gasteiger partial charge in [0.2, 0.25) is 10.0 Å². The van der Waals surface area contributed by atoms with Gasteiger partial charge in [0.1, 0.15) is 4.90 Å². The van der Waals surface area contributed by atoms with E-state index >= 15 is 0 Å². The third-order valence-electron chi connectivity index (χ3n) is 2.85. The maximum atomic E-state index is 12.4. The molecule has 6 nitrogen and oxygen atoms in total. The Labute approximate surface area is 125 Å². The second-order valence-electron chi connectivity index (χ2n) is 4.82. The van der Waals surface area contributed by atoms with Crippen LogP contribution in [0.15, 0.2) is 4.90 Å². The largest absolute Gasteiger partial charge is 0.311 e. The fourth-order valence-electron chi connectivity index (χ4n) is 1.86. The number of sulfonamides is 1. The van der Waals surface area contributed by atoms with Crippen molar-refractivity contribution in [3.63, 3.8) is 0 Å². The second-order valence-corrected chi connectivity index (χ2v) is 7.43. The molecule has 1 heterocycles. The van der Waals surface area contributed by atoms with Crippen LogP contribution in [0.1, 0.15) is 25.2 Å². The summed E-state index contributed by atoms with van der Waals surface area (Å²) in [6.45, 7) is 7.37. The summed E-state index contributed by atoms with van der Waals surface area (Å²) in [5.41, 5.74) is 1.11. The number of aromatic amines is 1. The van der Waals surface area contributed by atoms with Crippen molar-refractivity contribution in [2.45, 2.75) is 32.2 Å². The predicted molar refractivity (Wildman–Crippen MR) is 83.4 cm³/mol. The molecule has 1 atom stereocenters. The Balaban J connectivity index is 2.83. The highest BCUT2D eigenvalue weighted by atomic mass is 32.2. The van der Waals surface area contributed by atoms with Crippen LogP contribution >= 0.6 is 11.8 Å². The number of hydrogen-bond donors (Lipinski definition) is 3. The monoisotopic (exact) mass is 320 g/mol. The fraction of sp³-hybridized carbons (Fsp3) is 0.750. The van der Waals surface area contributed by atoms with Gasteiger partial charge in [0.15, 0.2) is 0 Å². The van der Waals surface area contributed by atoms with E-state index in [-0.39, 0.29) is 4.90 Å². The number of aromatic nitrogens is 2. The highest BCUT2D eigenvalue weighted by Gasteiger charge is 2.24. The molecule has 20 heavy (non-hydrogen) atoms. The van der Waals surface area contributed by atoms with Crippen molar-refractivity contribution < 1.29 is 8.42 Å². The van der Waals surface area contributed by atoms with E-state index in [0.29, 0.717) is 30.4 Å². The van der Waals surface area contributed by atoms with Gasteiger partial charge in [-0.25, -0.2) is 13.1 Å². The van der Waals surface area contributed by atoms with E-state index in [2.05, 4.69) is 20.2 Å². The lowest BCUT2D eigenvalue weighted by Crippen LogP contribution is -2.30. The van der Waals surface area contributed by atoms with E-state index in [1.54, 1.807) is 18.7 Å². The van der Waals surface area contributed by atoms with Gasteiger partial charge in [-0.3, -0.25) is 5.10 Å². The summed E-state index contributed by atoms with van der Waals surface area (Å²) in [5.74, 6) is 1.22. The number of rotatable bonds is 9. The highest BCUT2D eigenvalue weighted by Crippen LogP contribution is 2.17. The molecule has 3 N–H and O–H groups in total. The summed E-state index contributed by atoms with van der Waals surface area (Å²) < 4.78 is 27.5. The summed E-state index contributed by atoms with van der Waals surface area (Å²) in [6.07, 6.45) is 2.01. The first kappa shape index (κ1) is 17.5. The molecule has 1 rings (SSSR count). The average molecular weight is 320 g/mol. The average Bonchev–Trinajstić information content (AvgIpc) is 2.76. The van der Waals surface area contributed by atoms with E-state index in [0.717, 1.165) is 12.3 Å². The van der Waals surface area contributed by atoms with Crippen LogP contribution in [0.4, 0.5) is 0 Å². The topological polar surface area (TPSA) is 86.9 Å². The maximum absolute atomic E-state index is 12.4. The Morgan fingerprint density at radius 1 is 1.45 bits per heavy atom. The Hall–Kier alpha value is -0.570. The molecule has 1 aromatic heterocycles. The SMILES string of the molecule is CCNCc1n[nH]c(C)c1S(=O)(=O)NCC(C)CSC. The summed E-state index contributed by atoms with van der Waals surface area (Å²) in [6, 6.07) is 0. The molecule has 8 heteroatoms. The van der Waals surface area contributed by atoms with Crippen LogP contribution in [0.3, 0.4) is 0 Å². The predicted octanol–water partition coefficient (Wildman–Crippen LogP) is 1.11. The Morgan fingerprint density at radius 2 is 2.15 bits per heavy atom. The first-order valence-corrected chi connectivity index (χ1v) is 9.53. The molecule has 0 fully saturated rings. The summed E-state index contributed by atoms with van der Waals surface area (Å²) in [5, 5.41) is 9.92. The van der Waals surface area contributed by atoms with E-state index in [4.69, 9.17) is 0 Å². The Bertz CT molecular complexity index is 514. The first-order chi connectivity index (χ1) is 9.42. The van der Waals surface area contributed by atoms with Gasteiger partial charge in [0, 0.05) is 13.1 Å². The lowest BCUT2D eigenvalue weighted by Gasteiger charge is -2.12. The van der Waals surface area contributed by atoms with Crippen molar-refractivity contribution in [2.24, 2.45) is 5.92 Å². The number of nitrogens with zero attached hydrogens (tertiary/aromatic N) is 1. The smallest absolute Gasteiger partial charge is 0.244 e. The van der Waals surface area contributed by atoms with Crippen molar-refractivity contribution in [1.29, 1.82) is 0 Å². The quantitative estimate of drug-likeness (QED) is 0.634. The van der Waals surface area contributed by atoms with E-state index in [1.165, 1.54) is 0 Å². The molecule has 0 radical (unpaired) electrons. The highest BCUT2D eigenvalue weighted by molar-refractivity contribution is 7.98. The van der Waals surface area contributed by atoms with Crippen molar-refractivity contribution in [3.8, 4) is 0 Å². The molecule has 0 spiro atoms. The van der Waals surface area contributed by atoms with E-state index in [1.807, 2.05) is 20.1 Å². The molecule has 0 aliphatic heterocycles. The zero-order chi connectivity index (χ0) is 15.2. The number of aryl methyl sites for hydroxylation is 1. The van der Waals surface area contributed by atoms with Crippen LogP contribution in [0.2, 0.25) is 0 Å². The fourth-order valence-corrected chi connectivity index (χ4v) is 4.07. The molecule has 0 saturated carbocycles. The normalized spacial score (nSPS) is 13.6. The molecule has 0 saturated heterocycles. The first-order valence-electron chi connectivity index (χ1n) is 6.65. The van der Waals surface area contributed by atoms with E-state index in [9.17, 15) is 8.42 Å². The molecule has 1 aromatic rings. The van der Waals surface area contributed by atoms with Crippen LogP contribution in [0.5, 0.6) is 0 Å². The number of H-pyrrole nitrogens is 1. The summed E-state index contributed by atoms with van der Waals surface area (Å²) >= 11 is 1.71. The van der Waals surface area contributed by atoms with Gasteiger partial charge in [-0.1, -0.05) is 13.8 Å². The van der Waals surface area contributed by atoms with Gasteiger partial charge in [-0.2, -0.15) is 16.9 Å². The van der Waals surface area contributed by atoms with Gasteiger partial charge in [0.05, 0.1) is 11.4 Å². The standard InChI is InChI=1S/C12H24N4O2S2/c1-5-13-7-11-12(10(3)15-16-11)20(17,18)14-6-9(2)8-19-4/h9,13-14H,5-8H2,1-4H3,(H,15,16). The van der Waals surface area contributed by atoms with Gasteiger partial charge in [-0.15, -0.1) is 0 Å². The van der Waals surface area contributed by atoms with Crippen molar-refractivity contribution in [2.75, 3.05) is 25.1 Å².